The summed E-state index contributed by atoms with van der Waals surface area (Å²) in [5, 5.41) is 1.77. The van der Waals surface area contributed by atoms with Crippen molar-refractivity contribution in [2.75, 3.05) is 20.1 Å². The predicted octanol–water partition coefficient (Wildman–Crippen LogP) is 0.579. The molecule has 1 aliphatic rings. The number of likely N-dealkylation sites (tertiary alicyclic amines) is 1. The van der Waals surface area contributed by atoms with Gasteiger partial charge in [-0.2, -0.15) is 0 Å². The molecule has 5 nitrogen and oxygen atoms in total. The molecule has 1 aliphatic heterocycles. The lowest BCUT2D eigenvalue weighted by Crippen LogP contribution is -2.46. The van der Waals surface area contributed by atoms with Gasteiger partial charge in [-0.05, 0) is 37.9 Å². The molecule has 0 saturated carbocycles. The van der Waals surface area contributed by atoms with E-state index in [1.165, 1.54) is 11.3 Å². The average molecular weight is 289 g/mol. The molecule has 1 aromatic rings. The molecule has 1 saturated heterocycles. The summed E-state index contributed by atoms with van der Waals surface area (Å²) >= 11 is 1.38. The van der Waals surface area contributed by atoms with E-state index in [1.54, 1.807) is 11.4 Å². The highest BCUT2D eigenvalue weighted by Gasteiger charge is 2.25. The maximum absolute atomic E-state index is 12.3. The number of nitrogens with zero attached hydrogens (tertiary/aromatic N) is 1. The Morgan fingerprint density at radius 3 is 3.06 bits per heavy atom. The summed E-state index contributed by atoms with van der Waals surface area (Å²) in [4.78, 5) is 3.20. The van der Waals surface area contributed by atoms with Crippen molar-refractivity contribution in [1.29, 1.82) is 0 Å². The molecule has 0 aliphatic carbocycles. The Kier molecular flexibility index (Phi) is 4.39. The fraction of sp³-hybridized carbons (Fsp3) is 0.636. The Morgan fingerprint density at radius 1 is 1.61 bits per heavy atom. The van der Waals surface area contributed by atoms with Crippen LogP contribution in [0.25, 0.3) is 0 Å². The summed E-state index contributed by atoms with van der Waals surface area (Å²) in [7, 11) is -1.42. The number of rotatable bonds is 4. The second kappa shape index (κ2) is 5.66. The van der Waals surface area contributed by atoms with Crippen LogP contribution in [0, 0.1) is 0 Å². The van der Waals surface area contributed by atoms with Crippen LogP contribution in [0.2, 0.25) is 0 Å². The lowest BCUT2D eigenvalue weighted by atomic mass is 10.1. The van der Waals surface area contributed by atoms with E-state index in [9.17, 15) is 8.42 Å². The molecular weight excluding hydrogens is 270 g/mol. The van der Waals surface area contributed by atoms with Gasteiger partial charge in [0, 0.05) is 24.0 Å². The number of nitrogens with one attached hydrogen (secondary N) is 1. The topological polar surface area (TPSA) is 75.4 Å². The average Bonchev–Trinajstić information content (AvgIpc) is 2.77. The van der Waals surface area contributed by atoms with Crippen LogP contribution in [0.4, 0.5) is 0 Å². The minimum Gasteiger partial charge on any atom is -0.326 e. The van der Waals surface area contributed by atoms with Crippen molar-refractivity contribution in [3.05, 3.63) is 16.3 Å². The van der Waals surface area contributed by atoms with E-state index in [0.717, 1.165) is 25.9 Å². The zero-order valence-corrected chi connectivity index (χ0v) is 12.1. The highest BCUT2D eigenvalue weighted by atomic mass is 32.2. The first-order chi connectivity index (χ1) is 8.53. The molecule has 2 rings (SSSR count). The predicted molar refractivity (Wildman–Crippen MR) is 73.1 cm³/mol. The summed E-state index contributed by atoms with van der Waals surface area (Å²) in [6, 6.07) is 1.63. The van der Waals surface area contributed by atoms with Gasteiger partial charge in [0.25, 0.3) is 0 Å². The SMILES string of the molecule is CN1CCCC(NS(=O)(=O)c2ccsc2CN)C1. The highest BCUT2D eigenvalue weighted by molar-refractivity contribution is 7.89. The van der Waals surface area contributed by atoms with Gasteiger partial charge in [-0.25, -0.2) is 13.1 Å². The molecule has 1 unspecified atom stereocenters. The third-order valence-corrected chi connectivity index (χ3v) is 5.80. The standard InChI is InChI=1S/C11H19N3O2S2/c1-14-5-2-3-9(8-14)13-18(15,16)11-4-6-17-10(11)7-12/h4,6,9,13H,2-3,5,7-8,12H2,1H3. The molecule has 0 amide bonds. The molecule has 3 N–H and O–H groups in total. The largest absolute Gasteiger partial charge is 0.326 e. The molecule has 18 heavy (non-hydrogen) atoms. The summed E-state index contributed by atoms with van der Waals surface area (Å²) in [6.07, 6.45) is 1.92. The zero-order valence-electron chi connectivity index (χ0n) is 10.4. The van der Waals surface area contributed by atoms with Crippen LogP contribution in [0.15, 0.2) is 16.3 Å². The van der Waals surface area contributed by atoms with Gasteiger partial charge in [-0.15, -0.1) is 11.3 Å². The van der Waals surface area contributed by atoms with E-state index < -0.39 is 10.0 Å². The van der Waals surface area contributed by atoms with Crippen LogP contribution in [-0.4, -0.2) is 39.5 Å². The Hall–Kier alpha value is -0.470. The molecule has 0 bridgehead atoms. The fourth-order valence-electron chi connectivity index (χ4n) is 2.26. The van der Waals surface area contributed by atoms with Crippen LogP contribution < -0.4 is 10.5 Å². The zero-order chi connectivity index (χ0) is 13.2. The Balaban J connectivity index is 2.12. The maximum Gasteiger partial charge on any atom is 0.242 e. The van der Waals surface area contributed by atoms with Gasteiger partial charge < -0.3 is 10.6 Å². The van der Waals surface area contributed by atoms with Crippen molar-refractivity contribution < 1.29 is 8.42 Å². The Labute approximate surface area is 112 Å². The third-order valence-electron chi connectivity index (χ3n) is 3.13. The van der Waals surface area contributed by atoms with Crippen LogP contribution >= 0.6 is 11.3 Å². The van der Waals surface area contributed by atoms with E-state index in [-0.39, 0.29) is 12.6 Å². The summed E-state index contributed by atoms with van der Waals surface area (Å²) in [5.41, 5.74) is 5.56. The van der Waals surface area contributed by atoms with Gasteiger partial charge in [0.05, 0.1) is 4.90 Å². The van der Waals surface area contributed by atoms with Crippen molar-refractivity contribution in [2.24, 2.45) is 5.73 Å². The minimum atomic E-state index is -3.43. The van der Waals surface area contributed by atoms with Crippen molar-refractivity contribution in [3.63, 3.8) is 0 Å². The molecule has 102 valence electrons. The van der Waals surface area contributed by atoms with Gasteiger partial charge >= 0.3 is 0 Å². The van der Waals surface area contributed by atoms with Crippen LogP contribution in [0.5, 0.6) is 0 Å². The van der Waals surface area contributed by atoms with E-state index >= 15 is 0 Å². The van der Waals surface area contributed by atoms with Crippen molar-refractivity contribution in [2.45, 2.75) is 30.3 Å². The smallest absolute Gasteiger partial charge is 0.242 e. The molecule has 0 spiro atoms. The molecule has 0 radical (unpaired) electrons. The van der Waals surface area contributed by atoms with Gasteiger partial charge in [0.1, 0.15) is 0 Å². The van der Waals surface area contributed by atoms with E-state index in [1.807, 2.05) is 7.05 Å². The lowest BCUT2D eigenvalue weighted by Gasteiger charge is -2.29. The first kappa shape index (κ1) is 14.0. The van der Waals surface area contributed by atoms with Gasteiger partial charge in [0.2, 0.25) is 10.0 Å². The number of nitrogens with two attached hydrogens (primary N) is 1. The number of sulfonamides is 1. The fourth-order valence-corrected chi connectivity index (χ4v) is 4.86. The third kappa shape index (κ3) is 3.10. The molecule has 1 atom stereocenters. The molecule has 7 heteroatoms. The van der Waals surface area contributed by atoms with Gasteiger partial charge in [-0.1, -0.05) is 0 Å². The second-order valence-electron chi connectivity index (χ2n) is 4.63. The monoisotopic (exact) mass is 289 g/mol. The number of thiophene rings is 1. The maximum atomic E-state index is 12.3. The number of piperidine rings is 1. The number of hydrogen-bond donors (Lipinski definition) is 2. The first-order valence-electron chi connectivity index (χ1n) is 6.00. The Morgan fingerprint density at radius 2 is 2.39 bits per heavy atom. The normalized spacial score (nSPS) is 22.2. The molecule has 1 fully saturated rings. The number of hydrogen-bond acceptors (Lipinski definition) is 5. The number of likely N-dealkylation sites (N-methyl/N-ethyl adjacent to an activating group) is 1. The second-order valence-corrected chi connectivity index (χ2v) is 7.32. The van der Waals surface area contributed by atoms with Crippen LogP contribution in [-0.2, 0) is 16.6 Å². The van der Waals surface area contributed by atoms with Crippen LogP contribution in [0.3, 0.4) is 0 Å². The Bertz CT molecular complexity index is 498. The first-order valence-corrected chi connectivity index (χ1v) is 8.36. The minimum absolute atomic E-state index is 0.000672. The van der Waals surface area contributed by atoms with Crippen LogP contribution in [0.1, 0.15) is 17.7 Å². The van der Waals surface area contributed by atoms with Crippen molar-refractivity contribution >= 4 is 21.4 Å². The molecule has 1 aromatic heterocycles. The van der Waals surface area contributed by atoms with Gasteiger partial charge in [-0.3, -0.25) is 0 Å². The van der Waals surface area contributed by atoms with E-state index in [2.05, 4.69) is 9.62 Å². The molecule has 2 heterocycles. The van der Waals surface area contributed by atoms with E-state index in [4.69, 9.17) is 5.73 Å². The van der Waals surface area contributed by atoms with E-state index in [0.29, 0.717) is 9.77 Å². The summed E-state index contributed by atoms with van der Waals surface area (Å²) in [5.74, 6) is 0. The summed E-state index contributed by atoms with van der Waals surface area (Å²) in [6.45, 7) is 2.06. The summed E-state index contributed by atoms with van der Waals surface area (Å²) < 4.78 is 27.3. The quantitative estimate of drug-likeness (QED) is 0.850. The van der Waals surface area contributed by atoms with Crippen molar-refractivity contribution in [3.8, 4) is 0 Å². The van der Waals surface area contributed by atoms with Crippen molar-refractivity contribution in [1.82, 2.24) is 9.62 Å². The van der Waals surface area contributed by atoms with Gasteiger partial charge in [0.15, 0.2) is 0 Å². The molecule has 0 aromatic carbocycles. The molecular formula is C11H19N3O2S2. The highest BCUT2D eigenvalue weighted by Crippen LogP contribution is 2.22. The lowest BCUT2D eigenvalue weighted by molar-refractivity contribution is 0.242.